The summed E-state index contributed by atoms with van der Waals surface area (Å²) < 4.78 is 1.85. The fraction of sp³-hybridized carbons (Fsp3) is 0.227. The first-order valence-electron chi connectivity index (χ1n) is 8.43. The molecule has 0 aliphatic rings. The Morgan fingerprint density at radius 3 is 2.32 bits per heavy atom. The van der Waals surface area contributed by atoms with Crippen LogP contribution in [-0.2, 0) is 5.54 Å². The molecule has 0 aliphatic heterocycles. The number of hydrogen-bond acceptors (Lipinski definition) is 2. The lowest BCUT2D eigenvalue weighted by Gasteiger charge is -2.34. The average Bonchev–Trinajstić information content (AvgIpc) is 3.12. The van der Waals surface area contributed by atoms with Crippen molar-refractivity contribution in [3.8, 4) is 17.5 Å². The summed E-state index contributed by atoms with van der Waals surface area (Å²) in [5.41, 5.74) is 3.19. The van der Waals surface area contributed by atoms with Gasteiger partial charge in [-0.25, -0.2) is 4.68 Å². The number of benzene rings is 2. The van der Waals surface area contributed by atoms with E-state index in [1.807, 2.05) is 53.5 Å². The first-order chi connectivity index (χ1) is 12.1. The molecule has 0 radical (unpaired) electrons. The summed E-state index contributed by atoms with van der Waals surface area (Å²) in [5, 5.41) is 4.38. The average molecular weight is 329 g/mol. The Labute approximate surface area is 149 Å². The fourth-order valence-corrected chi connectivity index (χ4v) is 2.63. The molecule has 0 aliphatic carbocycles. The van der Waals surface area contributed by atoms with Crippen LogP contribution in [0.3, 0.4) is 0 Å². The summed E-state index contributed by atoms with van der Waals surface area (Å²) in [5.74, 6) is 6.48. The minimum atomic E-state index is -0.0653. The number of nitrogens with zero attached hydrogens (tertiary/aromatic N) is 3. The first kappa shape index (κ1) is 17.0. The second-order valence-electron chi connectivity index (χ2n) is 6.59. The van der Waals surface area contributed by atoms with E-state index in [2.05, 4.69) is 67.0 Å². The molecule has 1 heterocycles. The number of para-hydroxylation sites is 1. The van der Waals surface area contributed by atoms with Gasteiger partial charge in [-0.3, -0.25) is 4.90 Å². The van der Waals surface area contributed by atoms with E-state index in [1.54, 1.807) is 0 Å². The summed E-state index contributed by atoms with van der Waals surface area (Å²) in [6.45, 7) is 5.13. The molecular weight excluding hydrogens is 306 g/mol. The van der Waals surface area contributed by atoms with Crippen molar-refractivity contribution in [3.05, 3.63) is 84.2 Å². The summed E-state index contributed by atoms with van der Waals surface area (Å²) in [6.07, 6.45) is 3.77. The van der Waals surface area contributed by atoms with Crippen LogP contribution >= 0.6 is 0 Å². The quantitative estimate of drug-likeness (QED) is 0.672. The van der Waals surface area contributed by atoms with Gasteiger partial charge in [0.05, 0.1) is 24.0 Å². The SMILES string of the molecule is CN(CC#Cc1cnn(-c2ccccc2)c1)C(C)(C)c1ccccc1. The van der Waals surface area contributed by atoms with Crippen LogP contribution in [0.5, 0.6) is 0 Å². The zero-order valence-corrected chi connectivity index (χ0v) is 15.0. The molecule has 0 amide bonds. The van der Waals surface area contributed by atoms with E-state index in [1.165, 1.54) is 5.56 Å². The lowest BCUT2D eigenvalue weighted by Crippen LogP contribution is -2.38. The van der Waals surface area contributed by atoms with Gasteiger partial charge in [-0.15, -0.1) is 0 Å². The number of rotatable bonds is 4. The topological polar surface area (TPSA) is 21.1 Å². The molecule has 126 valence electrons. The molecule has 1 aromatic heterocycles. The van der Waals surface area contributed by atoms with Crippen LogP contribution in [0.15, 0.2) is 73.1 Å². The predicted molar refractivity (Wildman–Crippen MR) is 103 cm³/mol. The van der Waals surface area contributed by atoms with E-state index in [-0.39, 0.29) is 5.54 Å². The van der Waals surface area contributed by atoms with E-state index in [0.29, 0.717) is 6.54 Å². The van der Waals surface area contributed by atoms with Crippen molar-refractivity contribution in [3.63, 3.8) is 0 Å². The van der Waals surface area contributed by atoms with E-state index >= 15 is 0 Å². The molecule has 2 aromatic carbocycles. The van der Waals surface area contributed by atoms with Crippen LogP contribution in [-0.4, -0.2) is 28.3 Å². The van der Waals surface area contributed by atoms with E-state index in [9.17, 15) is 0 Å². The molecule has 0 unspecified atom stereocenters. The van der Waals surface area contributed by atoms with Gasteiger partial charge in [0, 0.05) is 11.7 Å². The molecule has 0 fully saturated rings. The van der Waals surface area contributed by atoms with Crippen molar-refractivity contribution >= 4 is 0 Å². The van der Waals surface area contributed by atoms with Gasteiger partial charge in [0.25, 0.3) is 0 Å². The molecule has 25 heavy (non-hydrogen) atoms. The lowest BCUT2D eigenvalue weighted by atomic mass is 9.93. The van der Waals surface area contributed by atoms with Crippen LogP contribution in [0.1, 0.15) is 25.0 Å². The van der Waals surface area contributed by atoms with Gasteiger partial charge >= 0.3 is 0 Å². The van der Waals surface area contributed by atoms with Crippen molar-refractivity contribution < 1.29 is 0 Å². The zero-order valence-electron chi connectivity index (χ0n) is 15.0. The molecule has 0 saturated heterocycles. The van der Waals surface area contributed by atoms with E-state index in [0.717, 1.165) is 11.3 Å². The summed E-state index contributed by atoms with van der Waals surface area (Å²) in [6, 6.07) is 20.6. The Balaban J connectivity index is 1.68. The smallest absolute Gasteiger partial charge is 0.0651 e. The highest BCUT2D eigenvalue weighted by Crippen LogP contribution is 2.25. The van der Waals surface area contributed by atoms with E-state index in [4.69, 9.17) is 0 Å². The zero-order chi connectivity index (χ0) is 17.7. The highest BCUT2D eigenvalue weighted by molar-refractivity contribution is 5.36. The highest BCUT2D eigenvalue weighted by Gasteiger charge is 2.24. The normalized spacial score (nSPS) is 11.2. The van der Waals surface area contributed by atoms with Crippen molar-refractivity contribution in [2.45, 2.75) is 19.4 Å². The van der Waals surface area contributed by atoms with Crippen LogP contribution in [0, 0.1) is 11.8 Å². The maximum Gasteiger partial charge on any atom is 0.0651 e. The molecule has 3 rings (SSSR count). The van der Waals surface area contributed by atoms with Crippen LogP contribution in [0.25, 0.3) is 5.69 Å². The van der Waals surface area contributed by atoms with Crippen LogP contribution in [0.2, 0.25) is 0 Å². The maximum absolute atomic E-state index is 4.38. The minimum absolute atomic E-state index is 0.0653. The third kappa shape index (κ3) is 3.99. The standard InChI is InChI=1S/C22H23N3/c1-22(2,20-12-6-4-7-13-20)24(3)16-10-11-19-17-23-25(18-19)21-14-8-5-9-15-21/h4-9,12-15,17-18H,16H2,1-3H3. The summed E-state index contributed by atoms with van der Waals surface area (Å²) in [7, 11) is 2.11. The Bertz CT molecular complexity index is 868. The van der Waals surface area contributed by atoms with E-state index < -0.39 is 0 Å². The number of aromatic nitrogens is 2. The molecule has 0 atom stereocenters. The molecule has 3 aromatic rings. The molecular formula is C22H23N3. The Kier molecular flexibility index (Phi) is 5.02. The second kappa shape index (κ2) is 7.38. The van der Waals surface area contributed by atoms with Gasteiger partial charge in [0.2, 0.25) is 0 Å². The summed E-state index contributed by atoms with van der Waals surface area (Å²) in [4.78, 5) is 2.26. The third-order valence-corrected chi connectivity index (χ3v) is 4.59. The lowest BCUT2D eigenvalue weighted by molar-refractivity contribution is 0.178. The molecule has 0 bridgehead atoms. The third-order valence-electron chi connectivity index (χ3n) is 4.59. The monoisotopic (exact) mass is 329 g/mol. The largest absolute Gasteiger partial charge is 0.286 e. The highest BCUT2D eigenvalue weighted by atomic mass is 15.3. The van der Waals surface area contributed by atoms with Crippen molar-refractivity contribution in [1.82, 2.24) is 14.7 Å². The summed E-state index contributed by atoms with van der Waals surface area (Å²) >= 11 is 0. The second-order valence-corrected chi connectivity index (χ2v) is 6.59. The Morgan fingerprint density at radius 2 is 1.64 bits per heavy atom. The molecule has 3 heteroatoms. The molecule has 0 spiro atoms. The Hall–Kier alpha value is -2.83. The van der Waals surface area contributed by atoms with Gasteiger partial charge in [0.15, 0.2) is 0 Å². The first-order valence-corrected chi connectivity index (χ1v) is 8.43. The van der Waals surface area contributed by atoms with Crippen molar-refractivity contribution in [1.29, 1.82) is 0 Å². The van der Waals surface area contributed by atoms with Crippen molar-refractivity contribution in [2.75, 3.05) is 13.6 Å². The van der Waals surface area contributed by atoms with Gasteiger partial charge in [-0.05, 0) is 38.6 Å². The minimum Gasteiger partial charge on any atom is -0.286 e. The van der Waals surface area contributed by atoms with Crippen LogP contribution < -0.4 is 0 Å². The van der Waals surface area contributed by atoms with Gasteiger partial charge in [-0.2, -0.15) is 5.10 Å². The molecule has 3 nitrogen and oxygen atoms in total. The predicted octanol–water partition coefficient (Wildman–Crippen LogP) is 4.09. The van der Waals surface area contributed by atoms with Gasteiger partial charge in [0.1, 0.15) is 0 Å². The van der Waals surface area contributed by atoms with Gasteiger partial charge < -0.3 is 0 Å². The fourth-order valence-electron chi connectivity index (χ4n) is 2.63. The molecule has 0 saturated carbocycles. The van der Waals surface area contributed by atoms with Crippen LogP contribution in [0.4, 0.5) is 0 Å². The maximum atomic E-state index is 4.38. The van der Waals surface area contributed by atoms with Gasteiger partial charge in [-0.1, -0.05) is 60.4 Å². The van der Waals surface area contributed by atoms with Crippen molar-refractivity contribution in [2.24, 2.45) is 0 Å². The number of hydrogen-bond donors (Lipinski definition) is 0. The molecule has 0 N–H and O–H groups in total. The Morgan fingerprint density at radius 1 is 1.00 bits per heavy atom.